The van der Waals surface area contributed by atoms with Gasteiger partial charge in [-0.1, -0.05) is 26.8 Å². The smallest absolute Gasteiger partial charge is 0.0577 e. The van der Waals surface area contributed by atoms with Crippen molar-refractivity contribution in [2.75, 3.05) is 6.54 Å². The van der Waals surface area contributed by atoms with E-state index in [1.165, 1.54) is 5.71 Å². The van der Waals surface area contributed by atoms with Crippen LogP contribution in [-0.2, 0) is 0 Å². The number of hydrogen-bond acceptors (Lipinski definition) is 1. The molecule has 1 heterocycles. The summed E-state index contributed by atoms with van der Waals surface area (Å²) in [5.41, 5.74) is 1.47. The summed E-state index contributed by atoms with van der Waals surface area (Å²) in [6, 6.07) is 0. The van der Waals surface area contributed by atoms with E-state index < -0.39 is 0 Å². The molecule has 0 bridgehead atoms. The average molecular weight is 123 g/mol. The van der Waals surface area contributed by atoms with Gasteiger partial charge < -0.3 is 0 Å². The van der Waals surface area contributed by atoms with Crippen molar-refractivity contribution in [2.45, 2.75) is 20.8 Å². The Kier molecular flexibility index (Phi) is 1.43. The molecule has 0 atom stereocenters. The summed E-state index contributed by atoms with van der Waals surface area (Å²) in [7, 11) is 0. The van der Waals surface area contributed by atoms with Crippen molar-refractivity contribution in [3.63, 3.8) is 0 Å². The van der Waals surface area contributed by atoms with Gasteiger partial charge in [0, 0.05) is 11.1 Å². The second-order valence-electron chi connectivity index (χ2n) is 3.38. The molecule has 0 N–H and O–H groups in total. The first-order chi connectivity index (χ1) is 4.11. The Bertz CT molecular complexity index is 158. The summed E-state index contributed by atoms with van der Waals surface area (Å²) >= 11 is 0. The maximum absolute atomic E-state index is 4.31. The quantitative estimate of drug-likeness (QED) is 0.467. The van der Waals surface area contributed by atoms with Gasteiger partial charge in [-0.3, -0.25) is 4.99 Å². The third-order valence-corrected chi connectivity index (χ3v) is 1.41. The monoisotopic (exact) mass is 123 g/mol. The number of rotatable bonds is 0. The summed E-state index contributed by atoms with van der Waals surface area (Å²) in [5.74, 6) is 0. The molecule has 0 aromatic rings. The van der Waals surface area contributed by atoms with Gasteiger partial charge in [-0.2, -0.15) is 0 Å². The molecule has 1 aliphatic rings. The third kappa shape index (κ3) is 1.41. The fraction of sp³-hybridized carbons (Fsp3) is 0.625. The van der Waals surface area contributed by atoms with Crippen LogP contribution in [-0.4, -0.2) is 12.3 Å². The Morgan fingerprint density at radius 3 is 2.33 bits per heavy atom. The first-order valence-electron chi connectivity index (χ1n) is 3.32. The zero-order valence-corrected chi connectivity index (χ0v) is 6.31. The molecule has 0 saturated heterocycles. The number of nitrogens with zero attached hydrogens (tertiary/aromatic N) is 1. The molecule has 0 amide bonds. The van der Waals surface area contributed by atoms with Gasteiger partial charge in [-0.15, -0.1) is 0 Å². The van der Waals surface area contributed by atoms with Crippen LogP contribution in [0, 0.1) is 5.41 Å². The minimum Gasteiger partial charge on any atom is -0.285 e. The molecule has 0 radical (unpaired) electrons. The second-order valence-corrected chi connectivity index (χ2v) is 3.38. The first-order valence-corrected chi connectivity index (χ1v) is 3.32. The van der Waals surface area contributed by atoms with E-state index in [1.807, 2.05) is 0 Å². The van der Waals surface area contributed by atoms with Gasteiger partial charge in [-0.25, -0.2) is 0 Å². The van der Waals surface area contributed by atoms with Crippen molar-refractivity contribution in [1.82, 2.24) is 0 Å². The number of hydrogen-bond donors (Lipinski definition) is 0. The minimum atomic E-state index is 0.243. The molecule has 0 unspecified atom stereocenters. The van der Waals surface area contributed by atoms with Gasteiger partial charge in [-0.05, 0) is 6.08 Å². The lowest BCUT2D eigenvalue weighted by molar-refractivity contribution is 0.594. The van der Waals surface area contributed by atoms with Gasteiger partial charge in [0.1, 0.15) is 0 Å². The molecule has 9 heavy (non-hydrogen) atoms. The molecule has 1 rings (SSSR count). The SMILES string of the molecule is CC(C)(C)C1=NCC=C1. The van der Waals surface area contributed by atoms with E-state index in [9.17, 15) is 0 Å². The Hall–Kier alpha value is -0.590. The molecule has 1 nitrogen and oxygen atoms in total. The number of allylic oxidation sites excluding steroid dienone is 1. The van der Waals surface area contributed by atoms with E-state index in [4.69, 9.17) is 0 Å². The molecule has 0 aromatic heterocycles. The molecule has 0 aliphatic carbocycles. The highest BCUT2D eigenvalue weighted by Gasteiger charge is 2.17. The molecule has 0 aromatic carbocycles. The van der Waals surface area contributed by atoms with E-state index in [0.29, 0.717) is 0 Å². The second kappa shape index (κ2) is 1.98. The minimum absolute atomic E-state index is 0.243. The van der Waals surface area contributed by atoms with Crippen LogP contribution in [0.5, 0.6) is 0 Å². The zero-order chi connectivity index (χ0) is 6.91. The molecule has 1 heteroatoms. The topological polar surface area (TPSA) is 12.4 Å². The summed E-state index contributed by atoms with van der Waals surface area (Å²) in [6.07, 6.45) is 4.21. The maximum atomic E-state index is 4.31. The van der Waals surface area contributed by atoms with Crippen LogP contribution in [0.3, 0.4) is 0 Å². The van der Waals surface area contributed by atoms with Crippen LogP contribution in [0.4, 0.5) is 0 Å². The highest BCUT2D eigenvalue weighted by atomic mass is 14.8. The average Bonchev–Trinajstić information content (AvgIpc) is 2.08. The van der Waals surface area contributed by atoms with Gasteiger partial charge in [0.05, 0.1) is 6.54 Å². The summed E-state index contributed by atoms with van der Waals surface area (Å²) in [6.45, 7) is 7.43. The lowest BCUT2D eigenvalue weighted by Crippen LogP contribution is -2.16. The summed E-state index contributed by atoms with van der Waals surface area (Å²) in [5, 5.41) is 0. The predicted molar refractivity (Wildman–Crippen MR) is 40.9 cm³/mol. The summed E-state index contributed by atoms with van der Waals surface area (Å²) in [4.78, 5) is 4.31. The van der Waals surface area contributed by atoms with E-state index in [0.717, 1.165) is 6.54 Å². The van der Waals surface area contributed by atoms with E-state index in [1.54, 1.807) is 0 Å². The lowest BCUT2D eigenvalue weighted by Gasteiger charge is -2.16. The van der Waals surface area contributed by atoms with Crippen LogP contribution in [0.1, 0.15) is 20.8 Å². The Morgan fingerprint density at radius 1 is 1.44 bits per heavy atom. The van der Waals surface area contributed by atoms with Crippen LogP contribution < -0.4 is 0 Å². The van der Waals surface area contributed by atoms with Gasteiger partial charge in [0.15, 0.2) is 0 Å². The van der Waals surface area contributed by atoms with Crippen LogP contribution >= 0.6 is 0 Å². The van der Waals surface area contributed by atoms with E-state index in [-0.39, 0.29) is 5.41 Å². The standard InChI is InChI=1S/C8H13N/c1-8(2,3)7-5-4-6-9-7/h4-5H,6H2,1-3H3. The lowest BCUT2D eigenvalue weighted by atomic mass is 9.90. The van der Waals surface area contributed by atoms with Crippen LogP contribution in [0.15, 0.2) is 17.1 Å². The zero-order valence-electron chi connectivity index (χ0n) is 6.31. The molecule has 0 saturated carbocycles. The molecular weight excluding hydrogens is 110 g/mol. The fourth-order valence-electron chi connectivity index (χ4n) is 0.855. The molecule has 0 spiro atoms. The van der Waals surface area contributed by atoms with Crippen molar-refractivity contribution in [1.29, 1.82) is 0 Å². The molecule has 1 aliphatic heterocycles. The van der Waals surface area contributed by atoms with Crippen LogP contribution in [0.25, 0.3) is 0 Å². The normalized spacial score (nSPS) is 18.3. The van der Waals surface area contributed by atoms with Crippen molar-refractivity contribution >= 4 is 5.71 Å². The largest absolute Gasteiger partial charge is 0.285 e. The predicted octanol–water partition coefficient (Wildman–Crippen LogP) is 2.04. The Morgan fingerprint density at radius 2 is 2.11 bits per heavy atom. The number of aliphatic imine (C=N–C) groups is 1. The van der Waals surface area contributed by atoms with E-state index >= 15 is 0 Å². The highest BCUT2D eigenvalue weighted by Crippen LogP contribution is 2.18. The third-order valence-electron chi connectivity index (χ3n) is 1.41. The van der Waals surface area contributed by atoms with Crippen LogP contribution in [0.2, 0.25) is 0 Å². The van der Waals surface area contributed by atoms with Crippen molar-refractivity contribution in [2.24, 2.45) is 10.4 Å². The Balaban J connectivity index is 2.73. The molecular formula is C8H13N. The highest BCUT2D eigenvalue weighted by molar-refractivity contribution is 6.00. The van der Waals surface area contributed by atoms with Gasteiger partial charge in [0.2, 0.25) is 0 Å². The van der Waals surface area contributed by atoms with Gasteiger partial charge >= 0.3 is 0 Å². The fourth-order valence-corrected chi connectivity index (χ4v) is 0.855. The molecule has 50 valence electrons. The maximum Gasteiger partial charge on any atom is 0.0577 e. The summed E-state index contributed by atoms with van der Waals surface area (Å²) < 4.78 is 0. The van der Waals surface area contributed by atoms with Crippen molar-refractivity contribution < 1.29 is 0 Å². The van der Waals surface area contributed by atoms with Crippen molar-refractivity contribution in [3.8, 4) is 0 Å². The van der Waals surface area contributed by atoms with E-state index in [2.05, 4.69) is 37.9 Å². The first kappa shape index (κ1) is 6.53. The van der Waals surface area contributed by atoms with Gasteiger partial charge in [0.25, 0.3) is 0 Å². The van der Waals surface area contributed by atoms with Crippen molar-refractivity contribution in [3.05, 3.63) is 12.2 Å². The Labute approximate surface area is 56.5 Å². The molecule has 0 fully saturated rings.